The molecule has 12 nitrogen and oxygen atoms in total. The molecule has 0 amide bonds. The van der Waals surface area contributed by atoms with Gasteiger partial charge in [0.1, 0.15) is 24.4 Å². The minimum Gasteiger partial charge on any atom is -0.460 e. The average molecular weight is 1110 g/mol. The Morgan fingerprint density at radius 2 is 1.22 bits per heavy atom. The van der Waals surface area contributed by atoms with Crippen LogP contribution in [0.4, 0.5) is 0 Å². The summed E-state index contributed by atoms with van der Waals surface area (Å²) in [5, 5.41) is 27.2. The lowest BCUT2D eigenvalue weighted by molar-refractivity contribution is -0.220. The molecule has 0 saturated heterocycles. The van der Waals surface area contributed by atoms with E-state index in [1.807, 2.05) is 6.07 Å². The van der Waals surface area contributed by atoms with Gasteiger partial charge in [-0.1, -0.05) is 94.7 Å². The van der Waals surface area contributed by atoms with Gasteiger partial charge in [-0.25, -0.2) is 4.79 Å². The van der Waals surface area contributed by atoms with Crippen molar-refractivity contribution in [1.82, 2.24) is 0 Å². The van der Waals surface area contributed by atoms with Gasteiger partial charge in [-0.2, -0.15) is 0 Å². The van der Waals surface area contributed by atoms with Crippen molar-refractivity contribution >= 4 is 72.6 Å². The number of halogens is 2. The Hall–Kier alpha value is -0.882. The molecule has 0 bridgehead atoms. The van der Waals surface area contributed by atoms with Gasteiger partial charge in [-0.15, -0.1) is 0 Å². The van der Waals surface area contributed by atoms with Crippen molar-refractivity contribution < 1.29 is 56.5 Å². The van der Waals surface area contributed by atoms with E-state index in [0.29, 0.717) is 21.2 Å². The summed E-state index contributed by atoms with van der Waals surface area (Å²) in [6, 6.07) is 3.61. The van der Waals surface area contributed by atoms with Crippen molar-refractivity contribution in [3.63, 3.8) is 0 Å². The van der Waals surface area contributed by atoms with E-state index in [4.69, 9.17) is 48.3 Å². The number of hydrogen-bond donors (Lipinski definition) is 2. The molecule has 1 aromatic carbocycles. The normalized spacial score (nSPS) is 26.1. The Labute approximate surface area is 426 Å². The van der Waals surface area contributed by atoms with E-state index in [-0.39, 0.29) is 49.3 Å². The van der Waals surface area contributed by atoms with Gasteiger partial charge >= 0.3 is 5.97 Å². The zero-order valence-corrected chi connectivity index (χ0v) is 52.1. The number of ether oxygens (including phenoxy) is 4. The number of carbonyl (C=O) groups is 2. The molecule has 18 heteroatoms. The highest BCUT2D eigenvalue weighted by molar-refractivity contribution is 9.11. The summed E-state index contributed by atoms with van der Waals surface area (Å²) in [4.78, 5) is 28.0. The maximum absolute atomic E-state index is 14.3. The van der Waals surface area contributed by atoms with E-state index in [1.165, 1.54) is 27.4 Å². The van der Waals surface area contributed by atoms with Crippen molar-refractivity contribution in [1.29, 1.82) is 0 Å². The van der Waals surface area contributed by atoms with Crippen LogP contribution in [0.5, 0.6) is 0 Å². The number of fused-ring (bicyclic) bond motifs is 3. The second-order valence-corrected chi connectivity index (χ2v) is 45.6. The molecule has 0 heterocycles. The smallest absolute Gasteiger partial charge is 0.340 e. The molecule has 2 N–H and O–H groups in total. The maximum Gasteiger partial charge on any atom is 0.340 e. The third kappa shape index (κ3) is 10.4. The largest absolute Gasteiger partial charge is 0.460 e. The number of allylic oxidation sites excluding steroid dienone is 1. The van der Waals surface area contributed by atoms with Crippen LogP contribution in [0.3, 0.4) is 0 Å². The Balaban J connectivity index is 2.02. The summed E-state index contributed by atoms with van der Waals surface area (Å²) >= 11 is 11.0. The molecule has 1 aromatic rings. The fraction of sp³-hybridized carbons (Fsp3) is 0.760. The molecule has 0 spiro atoms. The minimum absolute atomic E-state index is 0.0119. The second kappa shape index (κ2) is 19.4. The van der Waals surface area contributed by atoms with E-state index in [0.717, 1.165) is 0 Å². The summed E-state index contributed by atoms with van der Waals surface area (Å²) in [6.45, 7) is 44.0. The molecule has 4 rings (SSSR count). The first-order chi connectivity index (χ1) is 30.4. The zero-order chi connectivity index (χ0) is 52.8. The molecule has 0 aromatic heterocycles. The maximum atomic E-state index is 14.3. The van der Waals surface area contributed by atoms with Gasteiger partial charge in [0.25, 0.3) is 0 Å². The number of esters is 1. The first-order valence-electron chi connectivity index (χ1n) is 23.8. The number of carbonyl (C=O) groups excluding carboxylic acids is 2. The third-order valence-electron chi connectivity index (χ3n) is 16.8. The van der Waals surface area contributed by atoms with Crippen molar-refractivity contribution in [2.75, 3.05) is 27.9 Å². The van der Waals surface area contributed by atoms with Gasteiger partial charge < -0.3 is 46.9 Å². The minimum atomic E-state index is -2.74. The number of hydrogen-bond acceptors (Lipinski definition) is 12. The molecule has 3 aliphatic carbocycles. The molecule has 68 heavy (non-hydrogen) atoms. The number of methoxy groups -OCH3 is 3. The highest BCUT2D eigenvalue weighted by Gasteiger charge is 2.76. The molecule has 0 aliphatic heterocycles. The molecule has 388 valence electrons. The molecule has 1 saturated carbocycles. The highest BCUT2D eigenvalue weighted by Crippen LogP contribution is 2.66. The first kappa shape index (κ1) is 59.7. The summed E-state index contributed by atoms with van der Waals surface area (Å²) in [5.41, 5.74) is -2.52. The van der Waals surface area contributed by atoms with E-state index in [2.05, 4.69) is 151 Å². The lowest BCUT2D eigenvalue weighted by Crippen LogP contribution is -2.61. The van der Waals surface area contributed by atoms with E-state index >= 15 is 0 Å². The SMILES string of the molecule is CO[C@@H](C(=O)OC[C@H](O[Si](C)(C)C(C)(C)C)c1cc(Cl)c2c(c1)[C@]1(O)[C@H](O[Si](C)(C)C(C)(C)C)C[C@@H](O[Si](C)(C)C(C)(C)C)[C@]1(O)[C@@H]2O[Si](C)(C)C(C)(C)C)C1=CC(OC)(OC)C(Br)=C(C)C1=O. The van der Waals surface area contributed by atoms with Crippen LogP contribution in [-0.2, 0) is 51.8 Å². The topological polar surface area (TPSA) is 148 Å². The molecule has 7 atom stereocenters. The van der Waals surface area contributed by atoms with Crippen LogP contribution in [0.15, 0.2) is 33.8 Å². The quantitative estimate of drug-likeness (QED) is 0.0922. The molecular formula is C50H86BrClO12Si4. The first-order valence-corrected chi connectivity index (χ1v) is 36.6. The number of Topliss-reactive ketones (excluding diaryl/α,β-unsaturated/α-hetero) is 1. The predicted octanol–water partition coefficient (Wildman–Crippen LogP) is 12.3. The van der Waals surface area contributed by atoms with Crippen LogP contribution in [0.25, 0.3) is 0 Å². The van der Waals surface area contributed by atoms with E-state index < -0.39 is 92.5 Å². The van der Waals surface area contributed by atoms with Gasteiger partial charge in [-0.05, 0) is 125 Å². The van der Waals surface area contributed by atoms with Gasteiger partial charge in [-0.3, -0.25) is 4.79 Å². The number of benzene rings is 1. The zero-order valence-electron chi connectivity index (χ0n) is 45.8. The van der Waals surface area contributed by atoms with Crippen LogP contribution in [0.2, 0.25) is 77.6 Å². The summed E-state index contributed by atoms with van der Waals surface area (Å²) in [7, 11) is -6.52. The molecule has 0 unspecified atom stereocenters. The van der Waals surface area contributed by atoms with Crippen molar-refractivity contribution in [2.45, 2.75) is 216 Å². The lowest BCUT2D eigenvalue weighted by Gasteiger charge is -2.48. The van der Waals surface area contributed by atoms with Crippen LogP contribution >= 0.6 is 27.5 Å². The van der Waals surface area contributed by atoms with Gasteiger partial charge in [0.2, 0.25) is 5.79 Å². The fourth-order valence-electron chi connectivity index (χ4n) is 8.19. The number of aliphatic hydroxyl groups is 2. The Bertz CT molecular complexity index is 2140. The summed E-state index contributed by atoms with van der Waals surface area (Å²) < 4.78 is 52.6. The van der Waals surface area contributed by atoms with Crippen molar-refractivity contribution in [3.05, 3.63) is 55.6 Å². The van der Waals surface area contributed by atoms with Gasteiger partial charge in [0.15, 0.2) is 50.8 Å². The molecule has 3 aliphatic rings. The van der Waals surface area contributed by atoms with E-state index in [1.54, 1.807) is 13.0 Å². The Morgan fingerprint density at radius 3 is 1.66 bits per heavy atom. The average Bonchev–Trinajstić information content (AvgIpc) is 3.50. The summed E-state index contributed by atoms with van der Waals surface area (Å²) in [6.07, 6.45) is -3.68. The summed E-state index contributed by atoms with van der Waals surface area (Å²) in [5.74, 6) is -2.76. The highest BCUT2D eigenvalue weighted by atomic mass is 79.9. The number of ketones is 1. The Kier molecular flexibility index (Phi) is 17.1. The standard InChI is InChI=1S/C50H86BrClO12Si4/c1-30-39(53)32(28-48(58-15,59-16)41(30)51)40(57-14)43(54)60-29-35(61-65(17,18)44(2,3)4)31-25-33-38(34(52)26-31)42(64-68(23,24)47(11,12)13)50(56)37(63-67(21,22)46(8,9)10)27-36(49(33,50)55)62-66(19,20)45(5,6)7/h25-26,28,35-37,40,42,55-56H,27,29H2,1-24H3/t35-,36+,37+,40+,42+,49-,50-/m0/s1. The van der Waals surface area contributed by atoms with Crippen LogP contribution in [-0.4, -0.2) is 113 Å². The van der Waals surface area contributed by atoms with Crippen LogP contribution < -0.4 is 0 Å². The predicted molar refractivity (Wildman–Crippen MR) is 284 cm³/mol. The third-order valence-corrected chi connectivity index (χ3v) is 36.2. The Morgan fingerprint density at radius 1 is 0.765 bits per heavy atom. The van der Waals surface area contributed by atoms with Crippen LogP contribution in [0, 0.1) is 0 Å². The van der Waals surface area contributed by atoms with Crippen LogP contribution in [0.1, 0.15) is 125 Å². The number of rotatable bonds is 16. The molecule has 0 radical (unpaired) electrons. The van der Waals surface area contributed by atoms with Crippen molar-refractivity contribution in [2.24, 2.45) is 0 Å². The second-order valence-electron chi connectivity index (χ2n) is 25.3. The molecule has 1 fully saturated rings. The van der Waals surface area contributed by atoms with Gasteiger partial charge in [0.05, 0.1) is 16.7 Å². The van der Waals surface area contributed by atoms with E-state index in [9.17, 15) is 19.8 Å². The monoisotopic (exact) mass is 1100 g/mol. The fourth-order valence-corrected chi connectivity index (χ4v) is 14.3. The molecular weight excluding hydrogens is 1020 g/mol. The van der Waals surface area contributed by atoms with Crippen molar-refractivity contribution in [3.8, 4) is 0 Å². The van der Waals surface area contributed by atoms with Gasteiger partial charge in [0, 0.05) is 49.5 Å². The lowest BCUT2D eigenvalue weighted by atomic mass is 9.83.